The quantitative estimate of drug-likeness (QED) is 0.167. The summed E-state index contributed by atoms with van der Waals surface area (Å²) in [5, 5.41) is 2.62. The maximum absolute atomic E-state index is 14.6. The normalized spacial score (nSPS) is 19.9. The molecule has 290 valence electrons. The number of ether oxygens (including phenoxy) is 2. The molecule has 0 radical (unpaired) electrons. The Bertz CT molecular complexity index is 1850. The van der Waals surface area contributed by atoms with Gasteiger partial charge in [0.05, 0.1) is 24.6 Å². The van der Waals surface area contributed by atoms with Gasteiger partial charge in [0.1, 0.15) is 12.3 Å². The van der Waals surface area contributed by atoms with E-state index in [0.717, 1.165) is 17.0 Å². The van der Waals surface area contributed by atoms with Crippen molar-refractivity contribution < 1.29 is 50.2 Å². The molecular formula is C38H41F6N5O5. The van der Waals surface area contributed by atoms with E-state index in [9.17, 15) is 40.7 Å². The second kappa shape index (κ2) is 15.3. The molecule has 10 nitrogen and oxygen atoms in total. The smallest absolute Gasteiger partial charge is 0.430 e. The van der Waals surface area contributed by atoms with Crippen LogP contribution in [0.25, 0.3) is 6.08 Å². The summed E-state index contributed by atoms with van der Waals surface area (Å²) in [6, 6.07) is 12.0. The van der Waals surface area contributed by atoms with E-state index in [1.807, 2.05) is 13.8 Å². The molecule has 2 aromatic carbocycles. The standard InChI is InChI=1S/C38H41F6N5O5/c1-6-10-27-19-28(36(37(39,40)41,38(42,43)44)53-23-26-11-8-7-9-12-26)13-15-30(27)48-18-17-47(21-25(48)4)32(50)22-49-33(51)35(5,46-34(49)52)31-16-14-29(20-45-31)54-24(2)3/h6-16,19-20,24-25H,17-18,21-23H2,1-5H3,(H,46,52)/t25-,35?/m0/s1. The lowest BCUT2D eigenvalue weighted by molar-refractivity contribution is -0.392. The zero-order valence-electron chi connectivity index (χ0n) is 30.3. The molecule has 54 heavy (non-hydrogen) atoms. The van der Waals surface area contributed by atoms with Gasteiger partial charge in [-0.05, 0) is 70.0 Å². The molecule has 3 aromatic rings. The fraction of sp³-hybridized carbons (Fsp3) is 0.421. The third-order valence-electron chi connectivity index (χ3n) is 9.36. The number of alkyl halides is 6. The number of allylic oxidation sites excluding steroid dienone is 1. The highest BCUT2D eigenvalue weighted by atomic mass is 19.4. The zero-order chi connectivity index (χ0) is 39.6. The molecule has 0 bridgehead atoms. The van der Waals surface area contributed by atoms with Crippen LogP contribution < -0.4 is 15.0 Å². The number of imide groups is 1. The summed E-state index contributed by atoms with van der Waals surface area (Å²) in [6.07, 6.45) is -7.50. The number of hydrogen-bond donors (Lipinski definition) is 1. The van der Waals surface area contributed by atoms with Crippen LogP contribution in [0.5, 0.6) is 5.75 Å². The van der Waals surface area contributed by atoms with Crippen LogP contribution in [-0.4, -0.2) is 83.3 Å². The number of rotatable bonds is 11. The van der Waals surface area contributed by atoms with Crippen LogP contribution in [0.1, 0.15) is 57.0 Å². The first-order valence-electron chi connectivity index (χ1n) is 17.2. The zero-order valence-corrected chi connectivity index (χ0v) is 30.3. The van der Waals surface area contributed by atoms with Crippen molar-refractivity contribution in [3.05, 3.63) is 95.3 Å². The lowest BCUT2D eigenvalue weighted by atomic mass is 9.89. The van der Waals surface area contributed by atoms with E-state index in [-0.39, 0.29) is 42.6 Å². The Balaban J connectivity index is 1.33. The van der Waals surface area contributed by atoms with Crippen molar-refractivity contribution in [2.45, 2.75) is 76.9 Å². The van der Waals surface area contributed by atoms with Gasteiger partial charge in [0.25, 0.3) is 11.5 Å². The number of urea groups is 1. The van der Waals surface area contributed by atoms with Crippen LogP contribution in [0.2, 0.25) is 0 Å². The van der Waals surface area contributed by atoms with E-state index in [1.54, 1.807) is 36.9 Å². The Morgan fingerprint density at radius 2 is 1.70 bits per heavy atom. The largest absolute Gasteiger partial charge is 0.489 e. The summed E-state index contributed by atoms with van der Waals surface area (Å²) in [5.41, 5.74) is -6.48. The lowest BCUT2D eigenvalue weighted by Crippen LogP contribution is -2.56. The molecule has 4 amide bonds. The van der Waals surface area contributed by atoms with Crippen molar-refractivity contribution >= 4 is 29.6 Å². The number of benzene rings is 2. The Hall–Kier alpha value is -5.12. The van der Waals surface area contributed by atoms with Crippen LogP contribution in [0.15, 0.2) is 72.9 Å². The van der Waals surface area contributed by atoms with Gasteiger partial charge < -0.3 is 24.6 Å². The number of halogens is 6. The predicted octanol–water partition coefficient (Wildman–Crippen LogP) is 6.94. The van der Waals surface area contributed by atoms with Crippen molar-refractivity contribution in [1.82, 2.24) is 20.1 Å². The second-order valence-electron chi connectivity index (χ2n) is 13.6. The number of nitrogens with zero attached hydrogens (tertiary/aromatic N) is 4. The number of pyridine rings is 1. The number of nitrogens with one attached hydrogen (secondary N) is 1. The van der Waals surface area contributed by atoms with Crippen molar-refractivity contribution in [3.8, 4) is 5.75 Å². The fourth-order valence-corrected chi connectivity index (χ4v) is 6.66. The van der Waals surface area contributed by atoms with Gasteiger partial charge in [0, 0.05) is 36.9 Å². The second-order valence-corrected chi connectivity index (χ2v) is 13.6. The minimum absolute atomic E-state index is 0.0823. The minimum atomic E-state index is -5.87. The van der Waals surface area contributed by atoms with Crippen molar-refractivity contribution in [2.24, 2.45) is 0 Å². The summed E-state index contributed by atoms with van der Waals surface area (Å²) in [7, 11) is 0. The number of carbonyl (C=O) groups excluding carboxylic acids is 3. The molecule has 16 heteroatoms. The lowest BCUT2D eigenvalue weighted by Gasteiger charge is -2.42. The van der Waals surface area contributed by atoms with Gasteiger partial charge in [-0.25, -0.2) is 4.79 Å². The van der Waals surface area contributed by atoms with E-state index < -0.39 is 66.1 Å². The average molecular weight is 762 g/mol. The molecular weight excluding hydrogens is 720 g/mol. The maximum atomic E-state index is 14.6. The molecule has 2 aliphatic heterocycles. The van der Waals surface area contributed by atoms with E-state index in [4.69, 9.17) is 9.47 Å². The SMILES string of the molecule is CC=Cc1cc(C(OCc2ccccc2)(C(F)(F)F)C(F)(F)F)ccc1N1CCN(C(=O)CN2C(=O)NC(C)(c3ccc(OC(C)C)cn3)C2=O)C[C@@H]1C. The molecule has 1 unspecified atom stereocenters. The molecule has 0 saturated carbocycles. The topological polar surface area (TPSA) is 104 Å². The van der Waals surface area contributed by atoms with E-state index in [2.05, 4.69) is 10.3 Å². The molecule has 2 aliphatic rings. The summed E-state index contributed by atoms with van der Waals surface area (Å²) in [6.45, 7) is 7.33. The highest BCUT2D eigenvalue weighted by Gasteiger charge is 2.73. The first kappa shape index (κ1) is 40.1. The summed E-state index contributed by atoms with van der Waals surface area (Å²) in [5.74, 6) is -0.718. The molecule has 2 saturated heterocycles. The van der Waals surface area contributed by atoms with Gasteiger partial charge in [-0.2, -0.15) is 26.3 Å². The van der Waals surface area contributed by atoms with Gasteiger partial charge in [-0.3, -0.25) is 19.5 Å². The highest BCUT2D eigenvalue weighted by molar-refractivity contribution is 6.09. The Morgan fingerprint density at radius 3 is 2.28 bits per heavy atom. The number of piperazine rings is 1. The maximum Gasteiger partial charge on any atom is 0.430 e. The summed E-state index contributed by atoms with van der Waals surface area (Å²) >= 11 is 0. The molecule has 2 fully saturated rings. The number of carbonyl (C=O) groups is 3. The third-order valence-corrected chi connectivity index (χ3v) is 9.36. The van der Waals surface area contributed by atoms with E-state index >= 15 is 0 Å². The predicted molar refractivity (Wildman–Crippen MR) is 187 cm³/mol. The van der Waals surface area contributed by atoms with Crippen molar-refractivity contribution in [3.63, 3.8) is 0 Å². The summed E-state index contributed by atoms with van der Waals surface area (Å²) in [4.78, 5) is 48.2. The van der Waals surface area contributed by atoms with Crippen LogP contribution in [0.3, 0.4) is 0 Å². The Kier molecular flexibility index (Phi) is 11.4. The molecule has 1 N–H and O–H groups in total. The van der Waals surface area contributed by atoms with Gasteiger partial charge in [-0.1, -0.05) is 48.6 Å². The number of anilines is 1. The molecule has 3 heterocycles. The Morgan fingerprint density at radius 1 is 1.02 bits per heavy atom. The monoisotopic (exact) mass is 761 g/mol. The van der Waals surface area contributed by atoms with E-state index in [1.165, 1.54) is 60.5 Å². The highest BCUT2D eigenvalue weighted by Crippen LogP contribution is 2.54. The van der Waals surface area contributed by atoms with Crippen LogP contribution in [-0.2, 0) is 32.1 Å². The van der Waals surface area contributed by atoms with Gasteiger partial charge in [0.2, 0.25) is 5.91 Å². The van der Waals surface area contributed by atoms with Crippen molar-refractivity contribution in [2.75, 3.05) is 31.1 Å². The molecule has 2 atom stereocenters. The molecule has 0 spiro atoms. The molecule has 0 aliphatic carbocycles. The average Bonchev–Trinajstić information content (AvgIpc) is 3.31. The van der Waals surface area contributed by atoms with Crippen LogP contribution in [0.4, 0.5) is 36.8 Å². The first-order valence-corrected chi connectivity index (χ1v) is 17.2. The number of aromatic nitrogens is 1. The summed E-state index contributed by atoms with van der Waals surface area (Å²) < 4.78 is 98.2. The number of hydrogen-bond acceptors (Lipinski definition) is 7. The Labute approximate surface area is 308 Å². The minimum Gasteiger partial charge on any atom is -0.489 e. The molecule has 5 rings (SSSR count). The van der Waals surface area contributed by atoms with Gasteiger partial charge in [0.15, 0.2) is 5.54 Å². The van der Waals surface area contributed by atoms with Crippen molar-refractivity contribution in [1.29, 1.82) is 0 Å². The van der Waals surface area contributed by atoms with Gasteiger partial charge in [-0.15, -0.1) is 0 Å². The van der Waals surface area contributed by atoms with E-state index in [0.29, 0.717) is 11.4 Å². The van der Waals surface area contributed by atoms with Gasteiger partial charge >= 0.3 is 18.4 Å². The van der Waals surface area contributed by atoms with Crippen LogP contribution in [0, 0.1) is 0 Å². The number of amides is 4. The third kappa shape index (κ3) is 7.74. The first-order chi connectivity index (χ1) is 25.3. The van der Waals surface area contributed by atoms with Crippen LogP contribution >= 0.6 is 0 Å². The molecule has 1 aromatic heterocycles. The fourth-order valence-electron chi connectivity index (χ4n) is 6.66.